The number of carbonyl (C=O) groups is 1. The van der Waals surface area contributed by atoms with Crippen molar-refractivity contribution < 1.29 is 40.6 Å². The summed E-state index contributed by atoms with van der Waals surface area (Å²) in [6.45, 7) is 3.46. The van der Waals surface area contributed by atoms with Crippen LogP contribution in [0.1, 0.15) is 85.0 Å². The molecule has 0 spiro atoms. The Kier molecular flexibility index (Phi) is 8.52. The van der Waals surface area contributed by atoms with Gasteiger partial charge in [0.05, 0.1) is 22.8 Å². The summed E-state index contributed by atoms with van der Waals surface area (Å²) in [7, 11) is 0. The number of alkyl halides is 6. The van der Waals surface area contributed by atoms with Crippen LogP contribution in [-0.4, -0.2) is 12.1 Å². The molecule has 0 N–H and O–H groups in total. The van der Waals surface area contributed by atoms with Crippen molar-refractivity contribution in [3.8, 4) is 11.5 Å². The molecular weight excluding hydrogens is 534 g/mol. The molecule has 40 heavy (non-hydrogen) atoms. The first kappa shape index (κ1) is 29.5. The van der Waals surface area contributed by atoms with E-state index in [9.17, 15) is 31.1 Å². The lowest BCUT2D eigenvalue weighted by Crippen LogP contribution is -2.31. The first-order chi connectivity index (χ1) is 18.8. The lowest BCUT2D eigenvalue weighted by molar-refractivity contribution is -0.139. The highest BCUT2D eigenvalue weighted by molar-refractivity contribution is 5.91. The van der Waals surface area contributed by atoms with Crippen molar-refractivity contribution in [3.05, 3.63) is 94.5 Å². The lowest BCUT2D eigenvalue weighted by atomic mass is 9.65. The third-order valence-electron chi connectivity index (χ3n) is 7.50. The predicted molar refractivity (Wildman–Crippen MR) is 139 cm³/mol. The molecule has 4 rings (SSSR count). The van der Waals surface area contributed by atoms with E-state index in [1.165, 1.54) is 30.3 Å². The van der Waals surface area contributed by atoms with Crippen LogP contribution in [0, 0.1) is 0 Å². The van der Waals surface area contributed by atoms with Crippen molar-refractivity contribution in [2.24, 2.45) is 0 Å². The van der Waals surface area contributed by atoms with E-state index in [0.717, 1.165) is 24.6 Å². The van der Waals surface area contributed by atoms with E-state index in [-0.39, 0.29) is 22.4 Å². The Hall–Kier alpha value is -3.49. The summed E-state index contributed by atoms with van der Waals surface area (Å²) in [5.41, 5.74) is -2.62. The molecule has 9 heteroatoms. The molecule has 0 aromatic heterocycles. The highest BCUT2D eigenvalue weighted by Crippen LogP contribution is 2.49. The van der Waals surface area contributed by atoms with E-state index in [2.05, 4.69) is 0 Å². The number of hydrogen-bond acceptors (Lipinski definition) is 3. The average Bonchev–Trinajstić information content (AvgIpc) is 2.93. The molecule has 214 valence electrons. The predicted octanol–water partition coefficient (Wildman–Crippen LogP) is 9.37. The zero-order chi connectivity index (χ0) is 29.1. The number of benzene rings is 3. The van der Waals surface area contributed by atoms with Gasteiger partial charge in [-0.25, -0.2) is 4.79 Å². The summed E-state index contributed by atoms with van der Waals surface area (Å²) in [4.78, 5) is 12.5. The van der Waals surface area contributed by atoms with Gasteiger partial charge in [0.15, 0.2) is 0 Å². The number of ether oxygens (including phenoxy) is 2. The number of carbonyl (C=O) groups excluding carboxylic acids is 1. The molecule has 1 aliphatic carbocycles. The molecular formula is C31H30F6O3. The topological polar surface area (TPSA) is 35.5 Å². The summed E-state index contributed by atoms with van der Waals surface area (Å²) < 4.78 is 95.8. The van der Waals surface area contributed by atoms with Crippen molar-refractivity contribution in [2.45, 2.75) is 76.2 Å². The summed E-state index contributed by atoms with van der Waals surface area (Å²) in [5, 5.41) is 0. The maximum Gasteiger partial charge on any atom is 0.419 e. The van der Waals surface area contributed by atoms with E-state index >= 15 is 0 Å². The van der Waals surface area contributed by atoms with Crippen molar-refractivity contribution in [3.63, 3.8) is 0 Å². The molecule has 0 radical (unpaired) electrons. The van der Waals surface area contributed by atoms with Gasteiger partial charge < -0.3 is 9.47 Å². The third kappa shape index (κ3) is 6.29. The number of halogens is 6. The Balaban J connectivity index is 1.82. The smallest absolute Gasteiger partial charge is 0.419 e. The fourth-order valence-electron chi connectivity index (χ4n) is 5.22. The second kappa shape index (κ2) is 11.6. The summed E-state index contributed by atoms with van der Waals surface area (Å²) >= 11 is 0. The Labute approximate surface area is 229 Å². The van der Waals surface area contributed by atoms with Gasteiger partial charge in [-0.2, -0.15) is 26.3 Å². The van der Waals surface area contributed by atoms with E-state index < -0.39 is 46.7 Å². The van der Waals surface area contributed by atoms with E-state index in [1.54, 1.807) is 32.0 Å². The van der Waals surface area contributed by atoms with Gasteiger partial charge >= 0.3 is 18.3 Å². The monoisotopic (exact) mass is 564 g/mol. The Morgan fingerprint density at radius 2 is 1.32 bits per heavy atom. The fraction of sp³-hybridized carbons (Fsp3) is 0.387. The van der Waals surface area contributed by atoms with Crippen LogP contribution in [0.5, 0.6) is 11.5 Å². The normalized spacial score (nSPS) is 16.3. The highest BCUT2D eigenvalue weighted by atomic mass is 19.4. The van der Waals surface area contributed by atoms with Gasteiger partial charge in [0.2, 0.25) is 0 Å². The minimum Gasteiger partial charge on any atom is -0.490 e. The zero-order valence-electron chi connectivity index (χ0n) is 22.2. The second-order valence-electron chi connectivity index (χ2n) is 10.2. The van der Waals surface area contributed by atoms with Crippen LogP contribution in [0.2, 0.25) is 0 Å². The van der Waals surface area contributed by atoms with Crippen LogP contribution >= 0.6 is 0 Å². The van der Waals surface area contributed by atoms with Crippen LogP contribution in [0.3, 0.4) is 0 Å². The lowest BCUT2D eigenvalue weighted by Gasteiger charge is -2.39. The van der Waals surface area contributed by atoms with E-state index in [1.807, 2.05) is 0 Å². The fourth-order valence-corrected chi connectivity index (χ4v) is 5.22. The quantitative estimate of drug-likeness (QED) is 0.163. The van der Waals surface area contributed by atoms with Gasteiger partial charge in [-0.05, 0) is 73.7 Å². The van der Waals surface area contributed by atoms with Gasteiger partial charge in [-0.15, -0.1) is 0 Å². The zero-order valence-corrected chi connectivity index (χ0v) is 22.2. The molecule has 1 unspecified atom stereocenters. The molecule has 0 bridgehead atoms. The molecule has 1 atom stereocenters. The second-order valence-corrected chi connectivity index (χ2v) is 10.2. The van der Waals surface area contributed by atoms with Crippen molar-refractivity contribution in [1.29, 1.82) is 0 Å². The van der Waals surface area contributed by atoms with Gasteiger partial charge in [0.1, 0.15) is 11.5 Å². The number of esters is 1. The minimum atomic E-state index is -4.87. The van der Waals surface area contributed by atoms with Crippen LogP contribution in [-0.2, 0) is 17.8 Å². The Morgan fingerprint density at radius 3 is 1.85 bits per heavy atom. The van der Waals surface area contributed by atoms with Crippen molar-refractivity contribution >= 4 is 5.97 Å². The first-order valence-corrected chi connectivity index (χ1v) is 13.2. The SMILES string of the molecule is CCC(C)Oc1ccc(C2(c3ccc(OC(=O)c4ccccc4)c(C(F)(F)F)c3)CCCCC2)cc1C(F)(F)F. The summed E-state index contributed by atoms with van der Waals surface area (Å²) in [6, 6.07) is 14.8. The summed E-state index contributed by atoms with van der Waals surface area (Å²) in [6.07, 6.45) is -6.70. The average molecular weight is 565 g/mol. The van der Waals surface area contributed by atoms with Gasteiger partial charge in [-0.3, -0.25) is 0 Å². The van der Waals surface area contributed by atoms with Gasteiger partial charge in [0.25, 0.3) is 0 Å². The standard InChI is InChI=1S/C31H30F6O3/c1-3-20(2)39-26-14-12-22(18-24(26)30(32,33)34)29(16-8-5-9-17-29)23-13-15-27(25(19-23)31(35,36)37)40-28(38)21-10-6-4-7-11-21/h4,6-7,10-15,18-20H,3,5,8-9,16-17H2,1-2H3. The summed E-state index contributed by atoms with van der Waals surface area (Å²) in [5.74, 6) is -1.92. The van der Waals surface area contributed by atoms with Crippen LogP contribution in [0.25, 0.3) is 0 Å². The van der Waals surface area contributed by atoms with Crippen molar-refractivity contribution in [2.75, 3.05) is 0 Å². The molecule has 0 aliphatic heterocycles. The van der Waals surface area contributed by atoms with E-state index in [4.69, 9.17) is 9.47 Å². The maximum absolute atomic E-state index is 14.2. The highest BCUT2D eigenvalue weighted by Gasteiger charge is 2.43. The molecule has 3 aromatic carbocycles. The molecule has 3 aromatic rings. The maximum atomic E-state index is 14.2. The van der Waals surface area contributed by atoms with Crippen molar-refractivity contribution in [1.82, 2.24) is 0 Å². The number of hydrogen-bond donors (Lipinski definition) is 0. The molecule has 1 aliphatic rings. The molecule has 0 heterocycles. The van der Waals surface area contributed by atoms with Gasteiger partial charge in [-0.1, -0.05) is 56.5 Å². The molecule has 0 amide bonds. The molecule has 0 saturated heterocycles. The first-order valence-electron chi connectivity index (χ1n) is 13.2. The van der Waals surface area contributed by atoms with Gasteiger partial charge in [0, 0.05) is 5.41 Å². The third-order valence-corrected chi connectivity index (χ3v) is 7.50. The minimum absolute atomic E-state index is 0.0860. The molecule has 1 saturated carbocycles. The van der Waals surface area contributed by atoms with Crippen LogP contribution in [0.15, 0.2) is 66.7 Å². The van der Waals surface area contributed by atoms with E-state index in [0.29, 0.717) is 32.1 Å². The Morgan fingerprint density at radius 1 is 0.800 bits per heavy atom. The largest absolute Gasteiger partial charge is 0.490 e. The van der Waals surface area contributed by atoms with Crippen LogP contribution < -0.4 is 9.47 Å². The Bertz CT molecular complexity index is 1330. The number of rotatable bonds is 7. The van der Waals surface area contributed by atoms with Crippen LogP contribution in [0.4, 0.5) is 26.3 Å². The molecule has 1 fully saturated rings. The molecule has 3 nitrogen and oxygen atoms in total.